The van der Waals surface area contributed by atoms with Crippen molar-refractivity contribution in [3.05, 3.63) is 30.3 Å². The Kier molecular flexibility index (Phi) is 3.38. The summed E-state index contributed by atoms with van der Waals surface area (Å²) < 4.78 is 12.7. The van der Waals surface area contributed by atoms with Gasteiger partial charge in [0.25, 0.3) is 4.90 Å². The first-order valence-corrected chi connectivity index (χ1v) is 7.84. The van der Waals surface area contributed by atoms with Crippen molar-refractivity contribution in [3.63, 3.8) is 0 Å². The summed E-state index contributed by atoms with van der Waals surface area (Å²) in [5, 5.41) is 0. The van der Waals surface area contributed by atoms with Crippen LogP contribution in [0, 0.1) is 0 Å². The molecule has 1 rings (SSSR count). The minimum Gasteiger partial charge on any atom is -0.188 e. The first-order chi connectivity index (χ1) is 5.08. The number of benzene rings is 1. The average Bonchev–Trinajstić information content (AvgIpc) is 1.85. The second-order valence-electron chi connectivity index (χ2n) is 1.82. The maximum Gasteiger partial charge on any atom is 0.255 e. The third kappa shape index (κ3) is 4.12. The summed E-state index contributed by atoms with van der Waals surface area (Å²) in [7, 11) is 0. The Labute approximate surface area is 78.8 Å². The molecule has 0 radical (unpaired) electrons. The maximum absolute atomic E-state index is 12.7. The van der Waals surface area contributed by atoms with Crippen LogP contribution in [0.4, 0.5) is 4.20 Å². The van der Waals surface area contributed by atoms with Crippen molar-refractivity contribution in [2.45, 2.75) is 4.90 Å². The van der Waals surface area contributed by atoms with E-state index in [0.717, 1.165) is 16.3 Å². The number of halogens is 2. The Morgan fingerprint density at radius 1 is 1.36 bits per heavy atom. The van der Waals surface area contributed by atoms with Crippen molar-refractivity contribution in [2.75, 3.05) is 0 Å². The van der Waals surface area contributed by atoms with Gasteiger partial charge in [0.1, 0.15) is 0 Å². The van der Waals surface area contributed by atoms with Crippen molar-refractivity contribution in [2.24, 2.45) is 0 Å². The molecule has 0 N–H and O–H groups in total. The van der Waals surface area contributed by atoms with Crippen LogP contribution in [0.15, 0.2) is 35.2 Å². The van der Waals surface area contributed by atoms with Gasteiger partial charge in [0, 0.05) is 4.90 Å². The Hall–Kier alpha value is 0.440. The Morgan fingerprint density at radius 2 is 1.91 bits per heavy atom. The molecule has 0 aliphatic rings. The van der Waals surface area contributed by atoms with Gasteiger partial charge in [0.15, 0.2) is 0 Å². The van der Waals surface area contributed by atoms with Gasteiger partial charge in [-0.3, -0.25) is 0 Å². The summed E-state index contributed by atoms with van der Waals surface area (Å²) in [5.74, 6) is 0. The fourth-order valence-corrected chi connectivity index (χ4v) is 3.72. The predicted octanol–water partition coefficient (Wildman–Crippen LogP) is 4.21. The molecular formula is C6H5ClFPS2. The SMILES string of the molecule is FP(=S)(Cl)Sc1ccccc1. The average molecular weight is 227 g/mol. The molecule has 0 bridgehead atoms. The van der Waals surface area contributed by atoms with E-state index in [2.05, 4.69) is 11.8 Å². The van der Waals surface area contributed by atoms with Crippen LogP contribution in [0.2, 0.25) is 0 Å². The van der Waals surface area contributed by atoms with E-state index in [4.69, 9.17) is 11.2 Å². The standard InChI is InChI=1S/C6H5ClFPS2/c7-9(8,10)11-6-4-2-1-3-5-6/h1-5H. The van der Waals surface area contributed by atoms with Gasteiger partial charge in [-0.1, -0.05) is 18.2 Å². The molecular weight excluding hydrogens is 222 g/mol. The zero-order chi connectivity index (χ0) is 8.32. The molecule has 11 heavy (non-hydrogen) atoms. The van der Waals surface area contributed by atoms with Gasteiger partial charge in [-0.05, 0) is 46.6 Å². The molecule has 5 heteroatoms. The van der Waals surface area contributed by atoms with Crippen LogP contribution < -0.4 is 0 Å². The molecule has 0 saturated carbocycles. The fraction of sp³-hybridized carbons (Fsp3) is 0. The molecule has 1 aromatic carbocycles. The van der Waals surface area contributed by atoms with Crippen molar-refractivity contribution < 1.29 is 4.20 Å². The van der Waals surface area contributed by atoms with Crippen LogP contribution in [0.1, 0.15) is 0 Å². The van der Waals surface area contributed by atoms with E-state index < -0.39 is 4.90 Å². The molecule has 0 aliphatic heterocycles. The summed E-state index contributed by atoms with van der Waals surface area (Å²) in [6.07, 6.45) is 0. The highest BCUT2D eigenvalue weighted by atomic mass is 35.7. The molecule has 0 heterocycles. The topological polar surface area (TPSA) is 0 Å². The predicted molar refractivity (Wildman–Crippen MR) is 53.5 cm³/mol. The molecule has 0 aliphatic carbocycles. The van der Waals surface area contributed by atoms with E-state index >= 15 is 0 Å². The van der Waals surface area contributed by atoms with Crippen molar-refractivity contribution in [1.29, 1.82) is 0 Å². The lowest BCUT2D eigenvalue weighted by Crippen LogP contribution is -1.63. The van der Waals surface area contributed by atoms with Gasteiger partial charge in [-0.25, -0.2) is 0 Å². The van der Waals surface area contributed by atoms with Crippen LogP contribution in [0.5, 0.6) is 0 Å². The normalized spacial score (nSPS) is 15.8. The van der Waals surface area contributed by atoms with Crippen LogP contribution in [0.25, 0.3) is 0 Å². The summed E-state index contributed by atoms with van der Waals surface area (Å²) >= 11 is 10.7. The molecule has 1 aromatic rings. The second kappa shape index (κ2) is 3.90. The zero-order valence-electron chi connectivity index (χ0n) is 5.41. The van der Waals surface area contributed by atoms with Gasteiger partial charge < -0.3 is 0 Å². The third-order valence-electron chi connectivity index (χ3n) is 0.955. The number of rotatable bonds is 2. The first-order valence-electron chi connectivity index (χ1n) is 2.82. The lowest BCUT2D eigenvalue weighted by molar-refractivity contribution is 0.928. The highest BCUT2D eigenvalue weighted by molar-refractivity contribution is 8.76. The largest absolute Gasteiger partial charge is 0.255 e. The molecule has 1 atom stereocenters. The smallest absolute Gasteiger partial charge is 0.188 e. The minimum absolute atomic E-state index is 0.785. The van der Waals surface area contributed by atoms with Crippen LogP contribution in [-0.2, 0) is 11.8 Å². The van der Waals surface area contributed by atoms with Gasteiger partial charge in [0.05, 0.1) is 0 Å². The van der Waals surface area contributed by atoms with E-state index in [-0.39, 0.29) is 0 Å². The van der Waals surface area contributed by atoms with Crippen LogP contribution in [0.3, 0.4) is 0 Å². The molecule has 1 unspecified atom stereocenters. The summed E-state index contributed by atoms with van der Waals surface area (Å²) in [6, 6.07) is 9.08. The monoisotopic (exact) mass is 226 g/mol. The molecule has 60 valence electrons. The van der Waals surface area contributed by atoms with E-state index in [1.807, 2.05) is 18.2 Å². The maximum atomic E-state index is 12.7. The zero-order valence-corrected chi connectivity index (χ0v) is 8.69. The fourth-order valence-electron chi connectivity index (χ4n) is 0.604. The lowest BCUT2D eigenvalue weighted by atomic mass is 10.4. The first kappa shape index (κ1) is 9.53. The highest BCUT2D eigenvalue weighted by Gasteiger charge is 2.11. The van der Waals surface area contributed by atoms with Crippen molar-refractivity contribution >= 4 is 39.3 Å². The van der Waals surface area contributed by atoms with E-state index in [9.17, 15) is 4.20 Å². The molecule has 0 fully saturated rings. The molecule has 0 spiro atoms. The van der Waals surface area contributed by atoms with Gasteiger partial charge in [0.2, 0.25) is 0 Å². The molecule has 0 amide bonds. The third-order valence-corrected chi connectivity index (χ3v) is 4.21. The van der Waals surface area contributed by atoms with Crippen molar-refractivity contribution in [1.82, 2.24) is 0 Å². The Bertz CT molecular complexity index is 271. The van der Waals surface area contributed by atoms with Gasteiger partial charge >= 0.3 is 0 Å². The highest BCUT2D eigenvalue weighted by Crippen LogP contribution is 2.67. The number of hydrogen-bond donors (Lipinski definition) is 0. The van der Waals surface area contributed by atoms with E-state index in [1.54, 1.807) is 12.1 Å². The molecule has 0 aromatic heterocycles. The van der Waals surface area contributed by atoms with Gasteiger partial charge in [-0.2, -0.15) is 4.20 Å². The summed E-state index contributed by atoms with van der Waals surface area (Å²) in [4.78, 5) is -2.38. The lowest BCUT2D eigenvalue weighted by Gasteiger charge is -2.01. The van der Waals surface area contributed by atoms with E-state index in [1.165, 1.54) is 0 Å². The Morgan fingerprint density at radius 3 is 2.36 bits per heavy atom. The Balaban J connectivity index is 2.74. The summed E-state index contributed by atoms with van der Waals surface area (Å²) in [6.45, 7) is 0. The summed E-state index contributed by atoms with van der Waals surface area (Å²) in [5.41, 5.74) is 0. The van der Waals surface area contributed by atoms with Gasteiger partial charge in [-0.15, -0.1) is 0 Å². The number of hydrogen-bond acceptors (Lipinski definition) is 2. The van der Waals surface area contributed by atoms with Crippen LogP contribution >= 0.6 is 27.5 Å². The van der Waals surface area contributed by atoms with Crippen LogP contribution in [-0.4, -0.2) is 0 Å². The molecule has 0 nitrogen and oxygen atoms in total. The molecule has 0 saturated heterocycles. The second-order valence-corrected chi connectivity index (χ2v) is 10.2. The minimum atomic E-state index is -3.17. The van der Waals surface area contributed by atoms with Crippen molar-refractivity contribution in [3.8, 4) is 0 Å². The quantitative estimate of drug-likeness (QED) is 0.693. The van der Waals surface area contributed by atoms with E-state index in [0.29, 0.717) is 0 Å².